The van der Waals surface area contributed by atoms with Gasteiger partial charge < -0.3 is 5.73 Å². The van der Waals surface area contributed by atoms with E-state index in [0.717, 1.165) is 12.0 Å². The summed E-state index contributed by atoms with van der Waals surface area (Å²) in [6, 6.07) is 5.35. The van der Waals surface area contributed by atoms with Crippen LogP contribution in [-0.4, -0.2) is 6.04 Å². The lowest BCUT2D eigenvalue weighted by atomic mass is 10.1. The number of hydrogen-bond donors (Lipinski definition) is 1. The standard InChI is InChI=1S/C10H14FN/c1-7-3-4-9(5-8(2)12)6-10(7)11/h3-4,6,8H,5,12H2,1-2H3/t8-/m0/s1. The summed E-state index contributed by atoms with van der Waals surface area (Å²) in [7, 11) is 0. The highest BCUT2D eigenvalue weighted by Crippen LogP contribution is 2.10. The second-order valence-electron chi connectivity index (χ2n) is 3.26. The fourth-order valence-electron chi connectivity index (χ4n) is 1.14. The quantitative estimate of drug-likeness (QED) is 0.716. The molecule has 0 saturated carbocycles. The summed E-state index contributed by atoms with van der Waals surface area (Å²) in [5, 5.41) is 0. The van der Waals surface area contributed by atoms with Gasteiger partial charge in [-0.05, 0) is 37.5 Å². The van der Waals surface area contributed by atoms with Crippen LogP contribution in [0.4, 0.5) is 4.39 Å². The van der Waals surface area contributed by atoms with Crippen LogP contribution in [0.3, 0.4) is 0 Å². The van der Waals surface area contributed by atoms with Crippen molar-refractivity contribution in [3.8, 4) is 0 Å². The van der Waals surface area contributed by atoms with Gasteiger partial charge in [-0.15, -0.1) is 0 Å². The zero-order valence-corrected chi connectivity index (χ0v) is 7.47. The highest BCUT2D eigenvalue weighted by molar-refractivity contribution is 5.23. The first-order chi connectivity index (χ1) is 5.59. The number of aryl methyl sites for hydroxylation is 1. The molecule has 1 nitrogen and oxygen atoms in total. The molecule has 0 aliphatic carbocycles. The van der Waals surface area contributed by atoms with Crippen molar-refractivity contribution in [2.75, 3.05) is 0 Å². The molecule has 2 heteroatoms. The van der Waals surface area contributed by atoms with Crippen LogP contribution in [0.25, 0.3) is 0 Å². The summed E-state index contributed by atoms with van der Waals surface area (Å²) in [4.78, 5) is 0. The molecule has 1 aromatic carbocycles. The number of nitrogens with two attached hydrogens (primary N) is 1. The van der Waals surface area contributed by atoms with E-state index in [1.165, 1.54) is 0 Å². The van der Waals surface area contributed by atoms with E-state index in [2.05, 4.69) is 0 Å². The Bertz CT molecular complexity index is 269. The van der Waals surface area contributed by atoms with E-state index in [9.17, 15) is 4.39 Å². The first-order valence-corrected chi connectivity index (χ1v) is 4.10. The molecule has 0 radical (unpaired) electrons. The average molecular weight is 167 g/mol. The van der Waals surface area contributed by atoms with Gasteiger partial charge in [-0.3, -0.25) is 0 Å². The third-order valence-electron chi connectivity index (χ3n) is 1.79. The maximum atomic E-state index is 13.0. The zero-order chi connectivity index (χ0) is 9.14. The minimum atomic E-state index is -0.145. The van der Waals surface area contributed by atoms with Crippen molar-refractivity contribution < 1.29 is 4.39 Å². The molecule has 0 spiro atoms. The predicted octanol–water partition coefficient (Wildman–Crippen LogP) is 2.02. The Morgan fingerprint density at radius 1 is 1.50 bits per heavy atom. The van der Waals surface area contributed by atoms with E-state index in [4.69, 9.17) is 5.73 Å². The van der Waals surface area contributed by atoms with Crippen molar-refractivity contribution >= 4 is 0 Å². The molecule has 1 aromatic rings. The first-order valence-electron chi connectivity index (χ1n) is 4.10. The smallest absolute Gasteiger partial charge is 0.126 e. The van der Waals surface area contributed by atoms with Crippen LogP contribution in [-0.2, 0) is 6.42 Å². The normalized spacial score (nSPS) is 13.0. The van der Waals surface area contributed by atoms with E-state index in [-0.39, 0.29) is 11.9 Å². The molecule has 0 bridgehead atoms. The monoisotopic (exact) mass is 167 g/mol. The summed E-state index contributed by atoms with van der Waals surface area (Å²) in [5.74, 6) is -0.145. The predicted molar refractivity (Wildman–Crippen MR) is 48.5 cm³/mol. The second-order valence-corrected chi connectivity index (χ2v) is 3.26. The first kappa shape index (κ1) is 9.20. The molecule has 0 heterocycles. The lowest BCUT2D eigenvalue weighted by molar-refractivity contribution is 0.613. The van der Waals surface area contributed by atoms with Gasteiger partial charge in [0.1, 0.15) is 5.82 Å². The molecule has 0 aliphatic heterocycles. The largest absolute Gasteiger partial charge is 0.328 e. The van der Waals surface area contributed by atoms with Crippen LogP contribution in [0.5, 0.6) is 0 Å². The molecule has 0 amide bonds. The molecular formula is C10H14FN. The Morgan fingerprint density at radius 2 is 2.17 bits per heavy atom. The fraction of sp³-hybridized carbons (Fsp3) is 0.400. The summed E-state index contributed by atoms with van der Waals surface area (Å²) >= 11 is 0. The Labute approximate surface area is 72.4 Å². The SMILES string of the molecule is Cc1ccc(C[C@H](C)N)cc1F. The number of hydrogen-bond acceptors (Lipinski definition) is 1. The van der Waals surface area contributed by atoms with Crippen molar-refractivity contribution in [2.45, 2.75) is 26.3 Å². The molecule has 0 aromatic heterocycles. The van der Waals surface area contributed by atoms with Gasteiger partial charge >= 0.3 is 0 Å². The van der Waals surface area contributed by atoms with Gasteiger partial charge in [0.05, 0.1) is 0 Å². The maximum Gasteiger partial charge on any atom is 0.126 e. The lowest BCUT2D eigenvalue weighted by Gasteiger charge is -2.05. The number of halogens is 1. The van der Waals surface area contributed by atoms with Gasteiger partial charge in [0.2, 0.25) is 0 Å². The number of rotatable bonds is 2. The van der Waals surface area contributed by atoms with Crippen molar-refractivity contribution in [3.63, 3.8) is 0 Å². The summed E-state index contributed by atoms with van der Waals surface area (Å²) in [6.07, 6.45) is 0.733. The van der Waals surface area contributed by atoms with E-state index in [1.807, 2.05) is 13.0 Å². The topological polar surface area (TPSA) is 26.0 Å². The third-order valence-corrected chi connectivity index (χ3v) is 1.79. The second kappa shape index (κ2) is 3.68. The van der Waals surface area contributed by atoms with Crippen LogP contribution in [0.15, 0.2) is 18.2 Å². The average Bonchev–Trinajstić information content (AvgIpc) is 1.96. The van der Waals surface area contributed by atoms with E-state index >= 15 is 0 Å². The minimum absolute atomic E-state index is 0.0899. The van der Waals surface area contributed by atoms with Gasteiger partial charge in [0.25, 0.3) is 0 Å². The Hall–Kier alpha value is -0.890. The molecule has 1 atom stereocenters. The molecule has 0 saturated heterocycles. The highest BCUT2D eigenvalue weighted by atomic mass is 19.1. The molecule has 1 rings (SSSR count). The molecule has 0 aliphatic rings. The molecule has 0 fully saturated rings. The van der Waals surface area contributed by atoms with Gasteiger partial charge in [-0.1, -0.05) is 12.1 Å². The zero-order valence-electron chi connectivity index (χ0n) is 7.47. The van der Waals surface area contributed by atoms with Gasteiger partial charge in [-0.25, -0.2) is 4.39 Å². The van der Waals surface area contributed by atoms with Crippen LogP contribution in [0.2, 0.25) is 0 Å². The maximum absolute atomic E-state index is 13.0. The Kier molecular flexibility index (Phi) is 2.82. The highest BCUT2D eigenvalue weighted by Gasteiger charge is 2.01. The fourth-order valence-corrected chi connectivity index (χ4v) is 1.14. The van der Waals surface area contributed by atoms with Gasteiger partial charge in [0.15, 0.2) is 0 Å². The van der Waals surface area contributed by atoms with Crippen LogP contribution >= 0.6 is 0 Å². The molecular weight excluding hydrogens is 153 g/mol. The van der Waals surface area contributed by atoms with Crippen LogP contribution in [0, 0.1) is 12.7 Å². The van der Waals surface area contributed by atoms with Gasteiger partial charge in [0, 0.05) is 6.04 Å². The van der Waals surface area contributed by atoms with Crippen molar-refractivity contribution in [1.29, 1.82) is 0 Å². The van der Waals surface area contributed by atoms with Crippen LogP contribution < -0.4 is 5.73 Å². The minimum Gasteiger partial charge on any atom is -0.328 e. The third kappa shape index (κ3) is 2.31. The summed E-state index contributed by atoms with van der Waals surface area (Å²) in [5.41, 5.74) is 7.24. The summed E-state index contributed by atoms with van der Waals surface area (Å²) < 4.78 is 13.0. The Morgan fingerprint density at radius 3 is 2.67 bits per heavy atom. The van der Waals surface area contributed by atoms with Crippen molar-refractivity contribution in [1.82, 2.24) is 0 Å². The van der Waals surface area contributed by atoms with Crippen molar-refractivity contribution in [3.05, 3.63) is 35.1 Å². The van der Waals surface area contributed by atoms with Gasteiger partial charge in [-0.2, -0.15) is 0 Å². The molecule has 2 N–H and O–H groups in total. The van der Waals surface area contributed by atoms with E-state index in [0.29, 0.717) is 5.56 Å². The lowest BCUT2D eigenvalue weighted by Crippen LogP contribution is -2.17. The van der Waals surface area contributed by atoms with E-state index < -0.39 is 0 Å². The number of benzene rings is 1. The Balaban J connectivity index is 2.82. The molecule has 0 unspecified atom stereocenters. The summed E-state index contributed by atoms with van der Waals surface area (Å²) in [6.45, 7) is 3.67. The van der Waals surface area contributed by atoms with E-state index in [1.54, 1.807) is 19.1 Å². The molecule has 12 heavy (non-hydrogen) atoms. The van der Waals surface area contributed by atoms with Crippen molar-refractivity contribution in [2.24, 2.45) is 5.73 Å². The van der Waals surface area contributed by atoms with Crippen LogP contribution in [0.1, 0.15) is 18.1 Å². The molecule has 66 valence electrons.